The van der Waals surface area contributed by atoms with Crippen LogP contribution in [0.4, 0.5) is 21.5 Å². The van der Waals surface area contributed by atoms with Gasteiger partial charge < -0.3 is 15.4 Å². The minimum Gasteiger partial charge on any atom is -0.495 e. The number of aromatic nitrogens is 1. The Labute approximate surface area is 154 Å². The molecule has 0 aliphatic heterocycles. The molecule has 2 N–H and O–H groups in total. The van der Waals surface area contributed by atoms with Crippen LogP contribution in [0, 0.1) is 5.82 Å². The minimum absolute atomic E-state index is 0.219. The second-order valence-electron chi connectivity index (χ2n) is 5.34. The van der Waals surface area contributed by atoms with Crippen LogP contribution < -0.4 is 15.4 Å². The number of methoxy groups -OCH3 is 1. The maximum Gasteiger partial charge on any atom is 0.274 e. The molecule has 0 fully saturated rings. The summed E-state index contributed by atoms with van der Waals surface area (Å²) in [5, 5.41) is 6.01. The molecule has 0 unspecified atom stereocenters. The van der Waals surface area contributed by atoms with Gasteiger partial charge >= 0.3 is 0 Å². The second kappa shape index (κ2) is 7.84. The van der Waals surface area contributed by atoms with Gasteiger partial charge in [-0.05, 0) is 42.5 Å². The SMILES string of the molecule is COc1ccc(NC(=O)c2ccc(Nc3ccccc3F)cn2)cc1Cl. The highest BCUT2D eigenvalue weighted by molar-refractivity contribution is 6.32. The predicted molar refractivity (Wildman–Crippen MR) is 99.9 cm³/mol. The fourth-order valence-electron chi connectivity index (χ4n) is 2.26. The number of anilines is 3. The summed E-state index contributed by atoms with van der Waals surface area (Å²) in [7, 11) is 1.51. The zero-order valence-corrected chi connectivity index (χ0v) is 14.5. The van der Waals surface area contributed by atoms with E-state index < -0.39 is 0 Å². The molecule has 7 heteroatoms. The van der Waals surface area contributed by atoms with E-state index in [1.165, 1.54) is 19.4 Å². The van der Waals surface area contributed by atoms with Gasteiger partial charge in [0.1, 0.15) is 17.3 Å². The molecular weight excluding hydrogens is 357 g/mol. The number of para-hydroxylation sites is 1. The summed E-state index contributed by atoms with van der Waals surface area (Å²) in [6.45, 7) is 0. The molecule has 0 atom stereocenters. The lowest BCUT2D eigenvalue weighted by atomic mass is 10.2. The number of rotatable bonds is 5. The van der Waals surface area contributed by atoms with Crippen LogP contribution in [0.25, 0.3) is 0 Å². The Morgan fingerprint density at radius 1 is 1.12 bits per heavy atom. The summed E-state index contributed by atoms with van der Waals surface area (Å²) in [5.41, 5.74) is 1.64. The van der Waals surface area contributed by atoms with E-state index in [1.807, 2.05) is 0 Å². The van der Waals surface area contributed by atoms with E-state index in [9.17, 15) is 9.18 Å². The molecule has 0 radical (unpaired) electrons. The lowest BCUT2D eigenvalue weighted by Crippen LogP contribution is -2.13. The van der Waals surface area contributed by atoms with E-state index in [2.05, 4.69) is 15.6 Å². The highest BCUT2D eigenvalue weighted by Gasteiger charge is 2.10. The van der Waals surface area contributed by atoms with Crippen LogP contribution in [-0.4, -0.2) is 18.0 Å². The Balaban J connectivity index is 1.69. The zero-order chi connectivity index (χ0) is 18.5. The van der Waals surface area contributed by atoms with E-state index in [4.69, 9.17) is 16.3 Å². The average Bonchev–Trinajstić information content (AvgIpc) is 2.64. The fourth-order valence-corrected chi connectivity index (χ4v) is 2.52. The van der Waals surface area contributed by atoms with Crippen LogP contribution in [0.2, 0.25) is 5.02 Å². The van der Waals surface area contributed by atoms with Crippen LogP contribution in [0.5, 0.6) is 5.75 Å². The third kappa shape index (κ3) is 4.10. The number of nitrogens with zero attached hydrogens (tertiary/aromatic N) is 1. The molecule has 1 aromatic heterocycles. The summed E-state index contributed by atoms with van der Waals surface area (Å²) in [6, 6.07) is 14.4. The number of amides is 1. The Hall–Kier alpha value is -3.12. The van der Waals surface area contributed by atoms with Gasteiger partial charge in [0.15, 0.2) is 0 Å². The highest BCUT2D eigenvalue weighted by atomic mass is 35.5. The first-order valence-electron chi connectivity index (χ1n) is 7.69. The van der Waals surface area contributed by atoms with Crippen molar-refractivity contribution in [1.82, 2.24) is 4.98 Å². The third-order valence-corrected chi connectivity index (χ3v) is 3.85. The van der Waals surface area contributed by atoms with Crippen molar-refractivity contribution in [3.63, 3.8) is 0 Å². The van der Waals surface area contributed by atoms with Gasteiger partial charge in [0.05, 0.1) is 29.7 Å². The smallest absolute Gasteiger partial charge is 0.274 e. The summed E-state index contributed by atoms with van der Waals surface area (Å²) in [6.07, 6.45) is 1.46. The number of nitrogens with one attached hydrogen (secondary N) is 2. The van der Waals surface area contributed by atoms with E-state index in [-0.39, 0.29) is 17.4 Å². The predicted octanol–water partition coefficient (Wildman–Crippen LogP) is 4.88. The van der Waals surface area contributed by atoms with Crippen LogP contribution in [0.15, 0.2) is 60.8 Å². The van der Waals surface area contributed by atoms with E-state index in [0.717, 1.165) is 0 Å². The molecule has 132 valence electrons. The normalized spacial score (nSPS) is 10.3. The maximum absolute atomic E-state index is 13.6. The molecule has 0 bridgehead atoms. The summed E-state index contributed by atoms with van der Waals surface area (Å²) >= 11 is 6.04. The minimum atomic E-state index is -0.385. The van der Waals surface area contributed by atoms with Crippen molar-refractivity contribution in [1.29, 1.82) is 0 Å². The zero-order valence-electron chi connectivity index (χ0n) is 13.8. The van der Waals surface area contributed by atoms with E-state index in [0.29, 0.717) is 27.8 Å². The molecule has 3 aromatic rings. The first kappa shape index (κ1) is 17.7. The molecule has 5 nitrogen and oxygen atoms in total. The van der Waals surface area contributed by atoms with Crippen LogP contribution in [0.1, 0.15) is 10.5 Å². The standard InChI is InChI=1S/C19H15ClFN3O2/c1-26-18-9-7-12(10-14(18)20)24-19(25)17-8-6-13(11-22-17)23-16-5-3-2-4-15(16)21/h2-11,23H,1H3,(H,24,25). The first-order chi connectivity index (χ1) is 12.6. The summed E-state index contributed by atoms with van der Waals surface area (Å²) < 4.78 is 18.7. The number of hydrogen-bond donors (Lipinski definition) is 2. The van der Waals surface area contributed by atoms with Crippen molar-refractivity contribution >= 4 is 34.6 Å². The van der Waals surface area contributed by atoms with Gasteiger partial charge in [-0.2, -0.15) is 0 Å². The molecule has 0 aliphatic rings. The van der Waals surface area contributed by atoms with Crippen molar-refractivity contribution in [2.75, 3.05) is 17.7 Å². The van der Waals surface area contributed by atoms with Crippen molar-refractivity contribution in [2.45, 2.75) is 0 Å². The van der Waals surface area contributed by atoms with Crippen molar-refractivity contribution in [2.24, 2.45) is 0 Å². The number of ether oxygens (including phenoxy) is 1. The largest absolute Gasteiger partial charge is 0.495 e. The van der Waals surface area contributed by atoms with E-state index in [1.54, 1.807) is 48.5 Å². The molecular formula is C19H15ClFN3O2. The van der Waals surface area contributed by atoms with Crippen LogP contribution in [0.3, 0.4) is 0 Å². The topological polar surface area (TPSA) is 63.2 Å². The van der Waals surface area contributed by atoms with Crippen LogP contribution in [-0.2, 0) is 0 Å². The maximum atomic E-state index is 13.6. The third-order valence-electron chi connectivity index (χ3n) is 3.56. The lowest BCUT2D eigenvalue weighted by Gasteiger charge is -2.09. The molecule has 0 spiro atoms. The average molecular weight is 372 g/mol. The van der Waals surface area contributed by atoms with Crippen molar-refractivity contribution in [3.8, 4) is 5.75 Å². The molecule has 3 rings (SSSR count). The molecule has 26 heavy (non-hydrogen) atoms. The molecule has 1 heterocycles. The molecule has 2 aromatic carbocycles. The molecule has 0 saturated heterocycles. The van der Waals surface area contributed by atoms with Gasteiger partial charge in [-0.25, -0.2) is 9.37 Å². The lowest BCUT2D eigenvalue weighted by molar-refractivity contribution is 0.102. The first-order valence-corrected chi connectivity index (χ1v) is 8.07. The Morgan fingerprint density at radius 3 is 2.54 bits per heavy atom. The number of hydrogen-bond acceptors (Lipinski definition) is 4. The number of benzene rings is 2. The Morgan fingerprint density at radius 2 is 1.88 bits per heavy atom. The van der Waals surface area contributed by atoms with E-state index >= 15 is 0 Å². The van der Waals surface area contributed by atoms with Crippen molar-refractivity contribution in [3.05, 3.63) is 77.3 Å². The number of carbonyl (C=O) groups excluding carboxylic acids is 1. The summed E-state index contributed by atoms with van der Waals surface area (Å²) in [4.78, 5) is 16.4. The molecule has 0 saturated carbocycles. The number of halogens is 2. The number of pyridine rings is 1. The number of carbonyl (C=O) groups is 1. The summed E-state index contributed by atoms with van der Waals surface area (Å²) in [5.74, 6) is -0.235. The Bertz CT molecular complexity index is 932. The monoisotopic (exact) mass is 371 g/mol. The van der Waals surface area contributed by atoms with Gasteiger partial charge in [0.2, 0.25) is 0 Å². The Kier molecular flexibility index (Phi) is 5.34. The van der Waals surface area contributed by atoms with Gasteiger partial charge in [-0.15, -0.1) is 0 Å². The van der Waals surface area contributed by atoms with Gasteiger partial charge in [0, 0.05) is 5.69 Å². The quantitative estimate of drug-likeness (QED) is 0.671. The van der Waals surface area contributed by atoms with Gasteiger partial charge in [-0.3, -0.25) is 4.79 Å². The van der Waals surface area contributed by atoms with Crippen molar-refractivity contribution < 1.29 is 13.9 Å². The highest BCUT2D eigenvalue weighted by Crippen LogP contribution is 2.27. The second-order valence-corrected chi connectivity index (χ2v) is 5.75. The molecule has 0 aliphatic carbocycles. The van der Waals surface area contributed by atoms with Gasteiger partial charge in [-0.1, -0.05) is 23.7 Å². The fraction of sp³-hybridized carbons (Fsp3) is 0.0526. The molecule has 1 amide bonds. The van der Waals surface area contributed by atoms with Gasteiger partial charge in [0.25, 0.3) is 5.91 Å². The van der Waals surface area contributed by atoms with Crippen LogP contribution >= 0.6 is 11.6 Å².